The normalized spacial score (nSPS) is 33.7. The minimum absolute atomic E-state index is 0.295. The van der Waals surface area contributed by atoms with E-state index < -0.39 is 0 Å². The van der Waals surface area contributed by atoms with E-state index in [4.69, 9.17) is 0 Å². The first kappa shape index (κ1) is 15.7. The first-order chi connectivity index (χ1) is 14.3. The van der Waals surface area contributed by atoms with Crippen LogP contribution in [-0.4, -0.2) is 0 Å². The van der Waals surface area contributed by atoms with Gasteiger partial charge in [0.2, 0.25) is 0 Å². The SMILES string of the molecule is c1ccc2c(c1)-c1c(ccc3c1sc1ccccc13)C21C2CC3CC(C2)CC1C3. The molecule has 1 aromatic heterocycles. The second-order valence-electron chi connectivity index (χ2n) is 10.2. The number of hydrogen-bond donors (Lipinski definition) is 0. The van der Waals surface area contributed by atoms with Gasteiger partial charge in [-0.3, -0.25) is 0 Å². The number of hydrogen-bond acceptors (Lipinski definition) is 1. The van der Waals surface area contributed by atoms with Crippen LogP contribution >= 0.6 is 11.3 Å². The van der Waals surface area contributed by atoms with E-state index in [-0.39, 0.29) is 0 Å². The summed E-state index contributed by atoms with van der Waals surface area (Å²) in [5, 5.41) is 2.89. The zero-order valence-corrected chi connectivity index (χ0v) is 17.3. The molecule has 4 bridgehead atoms. The van der Waals surface area contributed by atoms with Crippen LogP contribution in [0.15, 0.2) is 60.7 Å². The van der Waals surface area contributed by atoms with Crippen LogP contribution in [-0.2, 0) is 5.41 Å². The van der Waals surface area contributed by atoms with Crippen molar-refractivity contribution >= 4 is 31.5 Å². The maximum absolute atomic E-state index is 2.55. The summed E-state index contributed by atoms with van der Waals surface area (Å²) in [6, 6.07) is 23.5. The third kappa shape index (κ3) is 1.71. The smallest absolute Gasteiger partial charge is 0.0437 e. The van der Waals surface area contributed by atoms with Crippen LogP contribution < -0.4 is 0 Å². The Labute approximate surface area is 175 Å². The van der Waals surface area contributed by atoms with Gasteiger partial charge in [0.25, 0.3) is 0 Å². The van der Waals surface area contributed by atoms with Crippen LogP contribution in [0.5, 0.6) is 0 Å². The highest BCUT2D eigenvalue weighted by Gasteiger charge is 2.61. The lowest BCUT2D eigenvalue weighted by Gasteiger charge is -2.61. The molecule has 0 unspecified atom stereocenters. The predicted molar refractivity (Wildman–Crippen MR) is 123 cm³/mol. The molecular weight excluding hydrogens is 368 g/mol. The molecule has 5 aliphatic rings. The molecule has 5 aliphatic carbocycles. The first-order valence-corrected chi connectivity index (χ1v) is 12.2. The van der Waals surface area contributed by atoms with Gasteiger partial charge in [0.05, 0.1) is 0 Å². The predicted octanol–water partition coefficient (Wildman–Crippen LogP) is 7.78. The summed E-state index contributed by atoms with van der Waals surface area (Å²) in [5.74, 6) is 3.72. The Balaban J connectivity index is 1.52. The minimum Gasteiger partial charge on any atom is -0.135 e. The second-order valence-corrected chi connectivity index (χ2v) is 11.2. The highest BCUT2D eigenvalue weighted by Crippen LogP contribution is 2.70. The van der Waals surface area contributed by atoms with Gasteiger partial charge in [0.1, 0.15) is 0 Å². The maximum atomic E-state index is 2.55. The Morgan fingerprint density at radius 2 is 1.38 bits per heavy atom. The third-order valence-corrected chi connectivity index (χ3v) is 10.3. The molecular formula is C28H24S. The molecule has 0 amide bonds. The lowest BCUT2D eigenvalue weighted by atomic mass is 9.43. The molecule has 1 heteroatoms. The van der Waals surface area contributed by atoms with Crippen LogP contribution in [0.25, 0.3) is 31.3 Å². The fraction of sp³-hybridized carbons (Fsp3) is 0.357. The molecule has 0 radical (unpaired) electrons. The molecule has 0 saturated heterocycles. The zero-order chi connectivity index (χ0) is 18.7. The summed E-state index contributed by atoms with van der Waals surface area (Å²) in [6.07, 6.45) is 7.37. The molecule has 0 N–H and O–H groups in total. The van der Waals surface area contributed by atoms with E-state index in [9.17, 15) is 0 Å². The highest BCUT2D eigenvalue weighted by atomic mass is 32.1. The summed E-state index contributed by atoms with van der Waals surface area (Å²) in [4.78, 5) is 0. The van der Waals surface area contributed by atoms with Gasteiger partial charge in [-0.2, -0.15) is 0 Å². The Kier molecular flexibility index (Phi) is 2.77. The highest BCUT2D eigenvalue weighted by molar-refractivity contribution is 7.26. The van der Waals surface area contributed by atoms with Crippen molar-refractivity contribution in [1.82, 2.24) is 0 Å². The van der Waals surface area contributed by atoms with Crippen molar-refractivity contribution in [2.24, 2.45) is 23.7 Å². The molecule has 0 aliphatic heterocycles. The Bertz CT molecular complexity index is 1290. The molecule has 4 aromatic rings. The maximum Gasteiger partial charge on any atom is 0.0437 e. The van der Waals surface area contributed by atoms with Gasteiger partial charge in [-0.05, 0) is 78.5 Å². The van der Waals surface area contributed by atoms with E-state index in [1.54, 1.807) is 22.3 Å². The lowest BCUT2D eigenvalue weighted by Crippen LogP contribution is -2.55. The quantitative estimate of drug-likeness (QED) is 0.287. The molecule has 29 heavy (non-hydrogen) atoms. The Morgan fingerprint density at radius 1 is 0.655 bits per heavy atom. The summed E-state index contributed by atoms with van der Waals surface area (Å²) in [5.41, 5.74) is 6.79. The summed E-state index contributed by atoms with van der Waals surface area (Å²) >= 11 is 2.02. The largest absolute Gasteiger partial charge is 0.135 e. The lowest BCUT2D eigenvalue weighted by molar-refractivity contribution is -0.0399. The van der Waals surface area contributed by atoms with Gasteiger partial charge in [-0.1, -0.05) is 54.6 Å². The fourth-order valence-corrected chi connectivity index (χ4v) is 9.68. The molecule has 1 heterocycles. The zero-order valence-electron chi connectivity index (χ0n) is 16.5. The van der Waals surface area contributed by atoms with E-state index in [0.717, 1.165) is 23.7 Å². The molecule has 142 valence electrons. The summed E-state index contributed by atoms with van der Waals surface area (Å²) < 4.78 is 2.96. The van der Waals surface area contributed by atoms with E-state index >= 15 is 0 Å². The topological polar surface area (TPSA) is 0 Å². The molecule has 0 nitrogen and oxygen atoms in total. The van der Waals surface area contributed by atoms with Gasteiger partial charge in [0, 0.05) is 31.2 Å². The van der Waals surface area contributed by atoms with Gasteiger partial charge >= 0.3 is 0 Å². The standard InChI is InChI=1S/C28H24S/c1-3-7-23-22(6-1)26-24(10-9-21-20-5-2-4-8-25(20)29-27(21)26)28(23)18-12-16-11-17(14-18)15-19(28)13-16/h1-10,16-19H,11-15H2. The van der Waals surface area contributed by atoms with E-state index in [1.807, 2.05) is 11.3 Å². The van der Waals surface area contributed by atoms with Crippen molar-refractivity contribution in [3.05, 3.63) is 71.8 Å². The van der Waals surface area contributed by atoms with Crippen LogP contribution in [0.1, 0.15) is 43.2 Å². The average Bonchev–Trinajstić information content (AvgIpc) is 3.26. The Hall–Kier alpha value is -2.12. The average molecular weight is 393 g/mol. The van der Waals surface area contributed by atoms with Crippen molar-refractivity contribution in [2.45, 2.75) is 37.5 Å². The second kappa shape index (κ2) is 5.13. The van der Waals surface area contributed by atoms with E-state index in [1.165, 1.54) is 52.3 Å². The van der Waals surface area contributed by atoms with Gasteiger partial charge < -0.3 is 0 Å². The number of rotatable bonds is 0. The molecule has 3 aromatic carbocycles. The van der Waals surface area contributed by atoms with Crippen LogP contribution in [0.3, 0.4) is 0 Å². The molecule has 4 saturated carbocycles. The van der Waals surface area contributed by atoms with Gasteiger partial charge in [-0.25, -0.2) is 0 Å². The number of thiophene rings is 1. The van der Waals surface area contributed by atoms with Crippen molar-refractivity contribution in [2.75, 3.05) is 0 Å². The monoisotopic (exact) mass is 392 g/mol. The molecule has 4 fully saturated rings. The van der Waals surface area contributed by atoms with E-state index in [0.29, 0.717) is 5.41 Å². The third-order valence-electron chi connectivity index (χ3n) is 9.06. The van der Waals surface area contributed by atoms with Gasteiger partial charge in [-0.15, -0.1) is 11.3 Å². The van der Waals surface area contributed by atoms with Crippen LogP contribution in [0.4, 0.5) is 0 Å². The van der Waals surface area contributed by atoms with Gasteiger partial charge in [0.15, 0.2) is 0 Å². The Morgan fingerprint density at radius 3 is 2.21 bits per heavy atom. The first-order valence-electron chi connectivity index (χ1n) is 11.4. The van der Waals surface area contributed by atoms with Crippen molar-refractivity contribution in [1.29, 1.82) is 0 Å². The summed E-state index contributed by atoms with van der Waals surface area (Å²) in [7, 11) is 0. The number of fused-ring (bicyclic) bond motifs is 7. The van der Waals surface area contributed by atoms with Crippen molar-refractivity contribution in [3.63, 3.8) is 0 Å². The number of benzene rings is 3. The summed E-state index contributed by atoms with van der Waals surface area (Å²) in [6.45, 7) is 0. The van der Waals surface area contributed by atoms with Crippen molar-refractivity contribution < 1.29 is 0 Å². The van der Waals surface area contributed by atoms with E-state index in [2.05, 4.69) is 60.7 Å². The van der Waals surface area contributed by atoms with Crippen LogP contribution in [0, 0.1) is 23.7 Å². The minimum atomic E-state index is 0.295. The van der Waals surface area contributed by atoms with Crippen LogP contribution in [0.2, 0.25) is 0 Å². The molecule has 0 atom stereocenters. The fourth-order valence-electron chi connectivity index (χ4n) is 8.42. The molecule has 9 rings (SSSR count). The van der Waals surface area contributed by atoms with Crippen molar-refractivity contribution in [3.8, 4) is 11.1 Å². The molecule has 1 spiro atoms.